The minimum Gasteiger partial charge on any atom is -0.349 e. The molecule has 0 heterocycles. The number of carbonyl (C=O) groups excluding carboxylic acids is 2. The fourth-order valence-corrected chi connectivity index (χ4v) is 3.92. The van der Waals surface area contributed by atoms with Crippen molar-refractivity contribution in [3.05, 3.63) is 64.7 Å². The van der Waals surface area contributed by atoms with Crippen LogP contribution in [0.2, 0.25) is 5.02 Å². The van der Waals surface area contributed by atoms with Crippen LogP contribution in [0, 0.1) is 0 Å². The molecule has 1 aliphatic carbocycles. The molecule has 0 radical (unpaired) electrons. The maximum Gasteiger partial charge on any atom is 0.251 e. The minimum absolute atomic E-state index is 0.117. The van der Waals surface area contributed by atoms with Gasteiger partial charge in [-0.15, -0.1) is 0 Å². The quantitative estimate of drug-likeness (QED) is 0.671. The SMILES string of the molecule is CCC(C(=O)Nc1cc(C(=O)NC2CCCCC2)ccc1Cl)c1ccccc1. The zero-order valence-electron chi connectivity index (χ0n) is 16.2. The van der Waals surface area contributed by atoms with Crippen molar-refractivity contribution >= 4 is 29.1 Å². The van der Waals surface area contributed by atoms with Gasteiger partial charge in [-0.25, -0.2) is 0 Å². The molecular formula is C23H27ClN2O2. The maximum absolute atomic E-state index is 12.8. The van der Waals surface area contributed by atoms with E-state index in [1.165, 1.54) is 6.42 Å². The lowest BCUT2D eigenvalue weighted by Crippen LogP contribution is -2.36. The summed E-state index contributed by atoms with van der Waals surface area (Å²) >= 11 is 6.28. The van der Waals surface area contributed by atoms with E-state index in [2.05, 4.69) is 10.6 Å². The minimum atomic E-state index is -0.267. The van der Waals surface area contributed by atoms with E-state index in [9.17, 15) is 9.59 Å². The van der Waals surface area contributed by atoms with Gasteiger partial charge in [0.25, 0.3) is 5.91 Å². The van der Waals surface area contributed by atoms with Gasteiger partial charge in [0, 0.05) is 11.6 Å². The number of nitrogens with one attached hydrogen (secondary N) is 2. The topological polar surface area (TPSA) is 58.2 Å². The van der Waals surface area contributed by atoms with Crippen molar-refractivity contribution in [2.45, 2.75) is 57.4 Å². The molecule has 1 unspecified atom stereocenters. The van der Waals surface area contributed by atoms with Crippen molar-refractivity contribution in [3.8, 4) is 0 Å². The van der Waals surface area contributed by atoms with E-state index in [1.807, 2.05) is 37.3 Å². The summed E-state index contributed by atoms with van der Waals surface area (Å²) in [7, 11) is 0. The van der Waals surface area contributed by atoms with Gasteiger partial charge in [-0.1, -0.05) is 68.1 Å². The molecule has 28 heavy (non-hydrogen) atoms. The summed E-state index contributed by atoms with van der Waals surface area (Å²) in [6.45, 7) is 1.98. The molecule has 2 amide bonds. The zero-order chi connectivity index (χ0) is 19.9. The fourth-order valence-electron chi connectivity index (χ4n) is 3.76. The molecule has 0 bridgehead atoms. The lowest BCUT2D eigenvalue weighted by Gasteiger charge is -2.23. The predicted octanol–water partition coefficient (Wildman–Crippen LogP) is 5.53. The van der Waals surface area contributed by atoms with Crippen LogP contribution in [0.3, 0.4) is 0 Å². The average molecular weight is 399 g/mol. The van der Waals surface area contributed by atoms with Crippen LogP contribution in [-0.4, -0.2) is 17.9 Å². The van der Waals surface area contributed by atoms with Gasteiger partial charge >= 0.3 is 0 Å². The Morgan fingerprint density at radius 2 is 1.79 bits per heavy atom. The molecule has 3 rings (SSSR count). The van der Waals surface area contributed by atoms with Crippen LogP contribution < -0.4 is 10.6 Å². The second-order valence-corrected chi connectivity index (χ2v) is 7.77. The Morgan fingerprint density at radius 3 is 2.46 bits per heavy atom. The number of benzene rings is 2. The van der Waals surface area contributed by atoms with Crippen LogP contribution in [0.5, 0.6) is 0 Å². The molecule has 1 fully saturated rings. The van der Waals surface area contributed by atoms with Crippen LogP contribution in [-0.2, 0) is 4.79 Å². The van der Waals surface area contributed by atoms with Crippen LogP contribution in [0.25, 0.3) is 0 Å². The van der Waals surface area contributed by atoms with Crippen molar-refractivity contribution < 1.29 is 9.59 Å². The second-order valence-electron chi connectivity index (χ2n) is 7.36. The molecule has 4 nitrogen and oxygen atoms in total. The maximum atomic E-state index is 12.8. The van der Waals surface area contributed by atoms with E-state index in [4.69, 9.17) is 11.6 Å². The van der Waals surface area contributed by atoms with Gasteiger partial charge in [0.2, 0.25) is 5.91 Å². The highest BCUT2D eigenvalue weighted by molar-refractivity contribution is 6.34. The highest BCUT2D eigenvalue weighted by atomic mass is 35.5. The number of rotatable bonds is 6. The van der Waals surface area contributed by atoms with Crippen LogP contribution in [0.15, 0.2) is 48.5 Å². The molecule has 0 saturated heterocycles. The first-order valence-electron chi connectivity index (χ1n) is 10.0. The Balaban J connectivity index is 1.72. The first-order valence-corrected chi connectivity index (χ1v) is 10.4. The highest BCUT2D eigenvalue weighted by Crippen LogP contribution is 2.27. The van der Waals surface area contributed by atoms with Gasteiger partial charge in [0.15, 0.2) is 0 Å². The Kier molecular flexibility index (Phi) is 7.10. The van der Waals surface area contributed by atoms with E-state index < -0.39 is 0 Å². The number of anilines is 1. The summed E-state index contributed by atoms with van der Waals surface area (Å²) in [5, 5.41) is 6.43. The standard InChI is InChI=1S/C23H27ClN2O2/c1-2-19(16-9-5-3-6-10-16)23(28)26-21-15-17(13-14-20(21)24)22(27)25-18-11-7-4-8-12-18/h3,5-6,9-10,13-15,18-19H,2,4,7-8,11-12H2,1H3,(H,25,27)(H,26,28). The fraction of sp³-hybridized carbons (Fsp3) is 0.391. The average Bonchev–Trinajstić information content (AvgIpc) is 2.71. The third-order valence-electron chi connectivity index (χ3n) is 5.35. The van der Waals surface area contributed by atoms with Crippen LogP contribution in [0.4, 0.5) is 5.69 Å². The highest BCUT2D eigenvalue weighted by Gasteiger charge is 2.21. The van der Waals surface area contributed by atoms with Crippen molar-refractivity contribution in [1.82, 2.24) is 5.32 Å². The van der Waals surface area contributed by atoms with Crippen LogP contribution in [0.1, 0.15) is 67.3 Å². The number of hydrogen-bond donors (Lipinski definition) is 2. The zero-order valence-corrected chi connectivity index (χ0v) is 17.0. The van der Waals surface area contributed by atoms with Crippen LogP contribution >= 0.6 is 11.6 Å². The van der Waals surface area contributed by atoms with Gasteiger partial charge in [-0.05, 0) is 43.0 Å². The molecule has 0 aromatic heterocycles. The first-order chi connectivity index (χ1) is 13.6. The summed E-state index contributed by atoms with van der Waals surface area (Å²) in [4.78, 5) is 25.4. The van der Waals surface area contributed by atoms with E-state index >= 15 is 0 Å². The summed E-state index contributed by atoms with van der Waals surface area (Å²) in [6, 6.07) is 14.9. The number of carbonyl (C=O) groups is 2. The lowest BCUT2D eigenvalue weighted by molar-refractivity contribution is -0.117. The molecule has 0 spiro atoms. The summed E-state index contributed by atoms with van der Waals surface area (Å²) in [6.07, 6.45) is 6.28. The van der Waals surface area contributed by atoms with Gasteiger partial charge in [-0.2, -0.15) is 0 Å². The molecule has 2 aromatic carbocycles. The van der Waals surface area contributed by atoms with E-state index in [0.29, 0.717) is 22.7 Å². The Labute approximate surface area is 171 Å². The molecule has 148 valence electrons. The molecular weight excluding hydrogens is 372 g/mol. The second kappa shape index (κ2) is 9.74. The van der Waals surface area contributed by atoms with Gasteiger partial charge in [0.05, 0.1) is 16.6 Å². The summed E-state index contributed by atoms with van der Waals surface area (Å²) in [5.41, 5.74) is 1.94. The Hall–Kier alpha value is -2.33. The van der Waals surface area contributed by atoms with Gasteiger partial charge < -0.3 is 10.6 Å². The molecule has 2 aromatic rings. The first kappa shape index (κ1) is 20.4. The third-order valence-corrected chi connectivity index (χ3v) is 5.68. The summed E-state index contributed by atoms with van der Waals surface area (Å²) < 4.78 is 0. The van der Waals surface area contributed by atoms with E-state index in [0.717, 1.165) is 31.2 Å². The van der Waals surface area contributed by atoms with Gasteiger partial charge in [0.1, 0.15) is 0 Å². The molecule has 1 atom stereocenters. The predicted molar refractivity (Wildman–Crippen MR) is 114 cm³/mol. The van der Waals surface area contributed by atoms with E-state index in [1.54, 1.807) is 18.2 Å². The summed E-state index contributed by atoms with van der Waals surface area (Å²) in [5.74, 6) is -0.508. The van der Waals surface area contributed by atoms with Crippen molar-refractivity contribution in [3.63, 3.8) is 0 Å². The largest absolute Gasteiger partial charge is 0.349 e. The molecule has 2 N–H and O–H groups in total. The van der Waals surface area contributed by atoms with Crippen molar-refractivity contribution in [2.24, 2.45) is 0 Å². The number of halogens is 1. The Bertz CT molecular complexity index is 817. The lowest BCUT2D eigenvalue weighted by atomic mass is 9.95. The smallest absolute Gasteiger partial charge is 0.251 e. The third kappa shape index (κ3) is 5.14. The normalized spacial score (nSPS) is 15.6. The number of hydrogen-bond acceptors (Lipinski definition) is 2. The molecule has 5 heteroatoms. The molecule has 1 aliphatic rings. The van der Waals surface area contributed by atoms with Crippen molar-refractivity contribution in [2.75, 3.05) is 5.32 Å². The van der Waals surface area contributed by atoms with Crippen molar-refractivity contribution in [1.29, 1.82) is 0 Å². The molecule has 0 aliphatic heterocycles. The number of amides is 2. The van der Waals surface area contributed by atoms with Gasteiger partial charge in [-0.3, -0.25) is 9.59 Å². The van der Waals surface area contributed by atoms with E-state index in [-0.39, 0.29) is 23.8 Å². The monoisotopic (exact) mass is 398 g/mol. The Morgan fingerprint density at radius 1 is 1.07 bits per heavy atom. The molecule has 1 saturated carbocycles.